The van der Waals surface area contributed by atoms with Crippen molar-refractivity contribution in [2.45, 2.75) is 33.6 Å². The van der Waals surface area contributed by atoms with Gasteiger partial charge in [-0.1, -0.05) is 68.4 Å². The van der Waals surface area contributed by atoms with E-state index in [0.29, 0.717) is 11.6 Å². The Morgan fingerprint density at radius 1 is 0.816 bits per heavy atom. The van der Waals surface area contributed by atoms with Crippen LogP contribution in [0, 0.1) is 13.8 Å². The largest absolute Gasteiger partial charge is 0.318 e. The molecule has 1 fully saturated rings. The van der Waals surface area contributed by atoms with Gasteiger partial charge in [-0.2, -0.15) is 0 Å². The minimum Gasteiger partial charge on any atom is -0.318 e. The van der Waals surface area contributed by atoms with Crippen molar-refractivity contribution in [3.63, 3.8) is 0 Å². The third kappa shape index (κ3) is 4.71. The van der Waals surface area contributed by atoms with Gasteiger partial charge in [0.05, 0.1) is 5.69 Å². The molecule has 0 aliphatic carbocycles. The maximum atomic E-state index is 13.5. The first-order chi connectivity index (χ1) is 18.2. The fourth-order valence-electron chi connectivity index (χ4n) is 4.82. The van der Waals surface area contributed by atoms with Crippen LogP contribution < -0.4 is 10.2 Å². The molecule has 0 saturated carbocycles. The summed E-state index contributed by atoms with van der Waals surface area (Å²) in [5.74, 6) is -0.562. The normalized spacial score (nSPS) is 14.9. The molecule has 0 spiro atoms. The summed E-state index contributed by atoms with van der Waals surface area (Å²) in [6, 6.07) is 28.3. The first kappa shape index (κ1) is 25.4. The fourth-order valence-corrected chi connectivity index (χ4v) is 5.10. The second-order valence-electron chi connectivity index (χ2n) is 9.78. The average molecular weight is 520 g/mol. The van der Waals surface area contributed by atoms with Crippen molar-refractivity contribution < 1.29 is 9.59 Å². The summed E-state index contributed by atoms with van der Waals surface area (Å²) in [7, 11) is 0. The van der Waals surface area contributed by atoms with E-state index in [-0.39, 0.29) is 10.7 Å². The van der Waals surface area contributed by atoms with Crippen LogP contribution in [0.4, 0.5) is 5.69 Å². The molecule has 2 heterocycles. The Bertz CT molecular complexity index is 1560. The van der Waals surface area contributed by atoms with Crippen LogP contribution in [0.5, 0.6) is 0 Å². The molecule has 1 saturated heterocycles. The topological polar surface area (TPSA) is 54.3 Å². The molecule has 5 nitrogen and oxygen atoms in total. The first-order valence-electron chi connectivity index (χ1n) is 12.6. The van der Waals surface area contributed by atoms with Gasteiger partial charge in [-0.3, -0.25) is 19.8 Å². The van der Waals surface area contributed by atoms with Gasteiger partial charge in [0.1, 0.15) is 5.57 Å². The van der Waals surface area contributed by atoms with E-state index in [9.17, 15) is 9.59 Å². The van der Waals surface area contributed by atoms with Crippen molar-refractivity contribution in [3.8, 4) is 16.8 Å². The molecule has 1 aliphatic heterocycles. The molecule has 0 unspecified atom stereocenters. The molecule has 190 valence electrons. The summed E-state index contributed by atoms with van der Waals surface area (Å²) in [5, 5.41) is 2.76. The first-order valence-corrected chi connectivity index (χ1v) is 13.0. The Hall–Kier alpha value is -4.29. The molecule has 3 aromatic carbocycles. The zero-order valence-corrected chi connectivity index (χ0v) is 22.7. The standard InChI is InChI=1S/C32H29N3O2S/c1-20(2)23-10-14-28(15-11-23)35-31(37)29(30(36)33-32(35)38)19-26-18-21(3)34(22(26)4)27-16-12-25(13-17-27)24-8-6-5-7-9-24/h5-20H,1-4H3,(H,33,36,38)/b29-19-. The van der Waals surface area contributed by atoms with Gasteiger partial charge in [0.2, 0.25) is 0 Å². The van der Waals surface area contributed by atoms with E-state index >= 15 is 0 Å². The molecule has 1 N–H and O–H groups in total. The molecule has 1 aromatic heterocycles. The molecule has 1 aliphatic rings. The van der Waals surface area contributed by atoms with Crippen LogP contribution in [0.2, 0.25) is 0 Å². The number of aromatic nitrogens is 1. The maximum Gasteiger partial charge on any atom is 0.270 e. The van der Waals surface area contributed by atoms with E-state index in [1.165, 1.54) is 4.90 Å². The van der Waals surface area contributed by atoms with Crippen molar-refractivity contribution >= 4 is 40.9 Å². The van der Waals surface area contributed by atoms with Crippen molar-refractivity contribution in [2.24, 2.45) is 0 Å². The number of rotatable bonds is 5. The predicted molar refractivity (Wildman–Crippen MR) is 157 cm³/mol. The van der Waals surface area contributed by atoms with Crippen molar-refractivity contribution in [1.82, 2.24) is 9.88 Å². The zero-order chi connectivity index (χ0) is 27.0. The Balaban J connectivity index is 1.47. The number of aryl methyl sites for hydroxylation is 1. The molecule has 38 heavy (non-hydrogen) atoms. The van der Waals surface area contributed by atoms with Gasteiger partial charge in [-0.25, -0.2) is 0 Å². The molecule has 2 amide bonds. The average Bonchev–Trinajstić information content (AvgIpc) is 3.19. The molecule has 6 heteroatoms. The summed E-state index contributed by atoms with van der Waals surface area (Å²) >= 11 is 5.37. The van der Waals surface area contributed by atoms with E-state index in [4.69, 9.17) is 12.2 Å². The van der Waals surface area contributed by atoms with Gasteiger partial charge in [0, 0.05) is 17.1 Å². The Labute approximate surface area is 228 Å². The SMILES string of the molecule is Cc1cc(/C=C2/C(=O)NC(=S)N(c3ccc(C(C)C)cc3)C2=O)c(C)n1-c1ccc(-c2ccccc2)cc1. The number of carbonyl (C=O) groups is 2. The highest BCUT2D eigenvalue weighted by Gasteiger charge is 2.34. The number of hydrogen-bond donors (Lipinski definition) is 1. The van der Waals surface area contributed by atoms with E-state index in [1.54, 1.807) is 6.08 Å². The van der Waals surface area contributed by atoms with Crippen molar-refractivity contribution in [2.75, 3.05) is 4.90 Å². The number of thiocarbonyl (C=S) groups is 1. The zero-order valence-electron chi connectivity index (χ0n) is 21.9. The summed E-state index contributed by atoms with van der Waals surface area (Å²) in [6.07, 6.45) is 1.66. The number of amides is 2. The molecule has 0 atom stereocenters. The van der Waals surface area contributed by atoms with E-state index < -0.39 is 11.8 Å². The monoisotopic (exact) mass is 519 g/mol. The van der Waals surface area contributed by atoms with Crippen LogP contribution in [0.25, 0.3) is 22.9 Å². The highest BCUT2D eigenvalue weighted by atomic mass is 32.1. The Kier molecular flexibility index (Phi) is 6.83. The molecular formula is C32H29N3O2S. The van der Waals surface area contributed by atoms with Gasteiger partial charge < -0.3 is 4.57 Å². The number of anilines is 1. The summed E-state index contributed by atoms with van der Waals surface area (Å²) in [4.78, 5) is 27.8. The molecule has 0 bridgehead atoms. The van der Waals surface area contributed by atoms with Gasteiger partial charge >= 0.3 is 0 Å². The quantitative estimate of drug-likeness (QED) is 0.181. The van der Waals surface area contributed by atoms with Crippen LogP contribution >= 0.6 is 12.2 Å². The maximum absolute atomic E-state index is 13.5. The van der Waals surface area contributed by atoms with E-state index in [2.05, 4.69) is 60.1 Å². The van der Waals surface area contributed by atoms with E-state index in [0.717, 1.165) is 39.3 Å². The van der Waals surface area contributed by atoms with E-state index in [1.807, 2.05) is 62.4 Å². The van der Waals surface area contributed by atoms with Crippen LogP contribution in [0.1, 0.15) is 42.3 Å². The molecule has 0 radical (unpaired) electrons. The van der Waals surface area contributed by atoms with Crippen LogP contribution in [-0.2, 0) is 9.59 Å². The second kappa shape index (κ2) is 10.2. The number of carbonyl (C=O) groups excluding carboxylic acids is 2. The lowest BCUT2D eigenvalue weighted by Gasteiger charge is -2.29. The minimum atomic E-state index is -0.493. The molecular weight excluding hydrogens is 490 g/mol. The highest BCUT2D eigenvalue weighted by molar-refractivity contribution is 7.80. The third-order valence-corrected chi connectivity index (χ3v) is 7.21. The second-order valence-corrected chi connectivity index (χ2v) is 10.2. The molecule has 4 aromatic rings. The molecule has 5 rings (SSSR count). The van der Waals surface area contributed by atoms with Gasteiger partial charge in [-0.05, 0) is 90.6 Å². The highest BCUT2D eigenvalue weighted by Crippen LogP contribution is 2.28. The lowest BCUT2D eigenvalue weighted by Crippen LogP contribution is -2.54. The third-order valence-electron chi connectivity index (χ3n) is 6.92. The Morgan fingerprint density at radius 2 is 1.42 bits per heavy atom. The van der Waals surface area contributed by atoms with Crippen LogP contribution in [0.3, 0.4) is 0 Å². The fraction of sp³-hybridized carbons (Fsp3) is 0.156. The summed E-state index contributed by atoms with van der Waals surface area (Å²) < 4.78 is 2.12. The summed E-state index contributed by atoms with van der Waals surface area (Å²) in [5.41, 5.74) is 7.88. The van der Waals surface area contributed by atoms with Gasteiger partial charge in [0.15, 0.2) is 5.11 Å². The lowest BCUT2D eigenvalue weighted by molar-refractivity contribution is -0.122. The lowest BCUT2D eigenvalue weighted by atomic mass is 10.0. The summed E-state index contributed by atoms with van der Waals surface area (Å²) in [6.45, 7) is 8.23. The van der Waals surface area contributed by atoms with Crippen molar-refractivity contribution in [1.29, 1.82) is 0 Å². The number of benzene rings is 3. The smallest absolute Gasteiger partial charge is 0.270 e. The van der Waals surface area contributed by atoms with Crippen molar-refractivity contribution in [3.05, 3.63) is 113 Å². The number of nitrogens with zero attached hydrogens (tertiary/aromatic N) is 2. The van der Waals surface area contributed by atoms with Crippen LogP contribution in [-0.4, -0.2) is 21.5 Å². The number of nitrogens with one attached hydrogen (secondary N) is 1. The minimum absolute atomic E-state index is 0.0474. The number of hydrogen-bond acceptors (Lipinski definition) is 3. The Morgan fingerprint density at radius 3 is 2.05 bits per heavy atom. The van der Waals surface area contributed by atoms with Crippen LogP contribution in [0.15, 0.2) is 90.5 Å². The predicted octanol–water partition coefficient (Wildman–Crippen LogP) is 6.72. The van der Waals surface area contributed by atoms with Gasteiger partial charge in [0.25, 0.3) is 11.8 Å². The van der Waals surface area contributed by atoms with Gasteiger partial charge in [-0.15, -0.1) is 0 Å².